The van der Waals surface area contributed by atoms with E-state index in [-0.39, 0.29) is 6.09 Å². The molecule has 10 heteroatoms. The van der Waals surface area contributed by atoms with Gasteiger partial charge in [0.1, 0.15) is 5.60 Å². The zero-order chi connectivity index (χ0) is 27.0. The molecule has 1 aromatic rings. The van der Waals surface area contributed by atoms with Crippen LogP contribution in [0.1, 0.15) is 26.3 Å². The number of hydrogen-bond acceptors (Lipinski definition) is 9. The number of carbonyl (C=O) groups excluding carboxylic acids is 1. The molecule has 1 rings (SSSR count). The molecular formula is C27H47NO9. The summed E-state index contributed by atoms with van der Waals surface area (Å²) in [7, 11) is 1.68. The molecule has 0 spiro atoms. The van der Waals surface area contributed by atoms with Gasteiger partial charge in [-0.2, -0.15) is 0 Å². The Kier molecular flexibility index (Phi) is 20.0. The molecule has 0 atom stereocenters. The van der Waals surface area contributed by atoms with E-state index >= 15 is 0 Å². The highest BCUT2D eigenvalue weighted by molar-refractivity contribution is 5.67. The summed E-state index contributed by atoms with van der Waals surface area (Å²) < 4.78 is 43.6. The Hall–Kier alpha value is -1.79. The van der Waals surface area contributed by atoms with Gasteiger partial charge in [-0.3, -0.25) is 0 Å². The predicted molar refractivity (Wildman–Crippen MR) is 140 cm³/mol. The van der Waals surface area contributed by atoms with Crippen molar-refractivity contribution in [3.8, 4) is 0 Å². The zero-order valence-corrected chi connectivity index (χ0v) is 23.1. The van der Waals surface area contributed by atoms with Crippen LogP contribution in [0.5, 0.6) is 0 Å². The number of ether oxygens (including phenoxy) is 8. The predicted octanol–water partition coefficient (Wildman–Crippen LogP) is 3.17. The Labute approximate surface area is 222 Å². The van der Waals surface area contributed by atoms with E-state index in [4.69, 9.17) is 37.9 Å². The minimum absolute atomic E-state index is 0.359. The molecule has 1 amide bonds. The Bertz CT molecular complexity index is 655. The number of carbonyl (C=O) groups is 1. The van der Waals surface area contributed by atoms with Gasteiger partial charge in [-0.15, -0.1) is 0 Å². The third-order valence-corrected chi connectivity index (χ3v) is 4.62. The monoisotopic (exact) mass is 529 g/mol. The smallest absolute Gasteiger partial charge is 0.410 e. The largest absolute Gasteiger partial charge is 0.444 e. The molecular weight excluding hydrogens is 482 g/mol. The molecule has 37 heavy (non-hydrogen) atoms. The minimum atomic E-state index is -0.502. The van der Waals surface area contributed by atoms with E-state index in [0.717, 1.165) is 5.56 Å². The van der Waals surface area contributed by atoms with Crippen LogP contribution in [0.15, 0.2) is 30.3 Å². The molecule has 0 saturated heterocycles. The molecule has 10 nitrogen and oxygen atoms in total. The van der Waals surface area contributed by atoms with Gasteiger partial charge in [0.15, 0.2) is 0 Å². The number of amides is 1. The highest BCUT2D eigenvalue weighted by Crippen LogP contribution is 2.08. The Morgan fingerprint density at radius 2 is 1.00 bits per heavy atom. The average molecular weight is 530 g/mol. The van der Waals surface area contributed by atoms with E-state index in [1.54, 1.807) is 7.05 Å². The molecule has 0 fully saturated rings. The van der Waals surface area contributed by atoms with Gasteiger partial charge < -0.3 is 42.8 Å². The SMILES string of the molecule is CN(CCOCCOCCOCCOCCOCCOCCOCc1ccccc1)C(=O)OC(C)(C)C. The summed E-state index contributed by atoms with van der Waals surface area (Å²) in [6, 6.07) is 10.1. The summed E-state index contributed by atoms with van der Waals surface area (Å²) in [5.41, 5.74) is 0.655. The number of nitrogens with zero attached hydrogens (tertiary/aromatic N) is 1. The van der Waals surface area contributed by atoms with Crippen LogP contribution in [0.2, 0.25) is 0 Å². The van der Waals surface area contributed by atoms with Crippen molar-refractivity contribution in [3.05, 3.63) is 35.9 Å². The molecule has 0 aliphatic rings. The molecule has 1 aromatic carbocycles. The van der Waals surface area contributed by atoms with Crippen molar-refractivity contribution in [3.63, 3.8) is 0 Å². The first-order valence-electron chi connectivity index (χ1n) is 12.9. The van der Waals surface area contributed by atoms with Crippen LogP contribution in [0.25, 0.3) is 0 Å². The number of likely N-dealkylation sites (N-methyl/N-ethyl adjacent to an activating group) is 1. The first-order chi connectivity index (χ1) is 17.9. The van der Waals surface area contributed by atoms with Crippen LogP contribution in [0, 0.1) is 0 Å². The maximum Gasteiger partial charge on any atom is 0.410 e. The third-order valence-electron chi connectivity index (χ3n) is 4.62. The zero-order valence-electron chi connectivity index (χ0n) is 23.1. The first-order valence-corrected chi connectivity index (χ1v) is 12.9. The topological polar surface area (TPSA) is 94.2 Å². The summed E-state index contributed by atoms with van der Waals surface area (Å²) in [5.74, 6) is 0. The van der Waals surface area contributed by atoms with Crippen LogP contribution in [-0.4, -0.2) is 116 Å². The van der Waals surface area contributed by atoms with E-state index in [2.05, 4.69) is 0 Å². The lowest BCUT2D eigenvalue weighted by molar-refractivity contribution is -0.0218. The molecule has 214 valence electrons. The van der Waals surface area contributed by atoms with E-state index in [9.17, 15) is 4.79 Å². The van der Waals surface area contributed by atoms with Crippen LogP contribution >= 0.6 is 0 Å². The first kappa shape index (κ1) is 33.2. The third kappa shape index (κ3) is 22.0. The van der Waals surface area contributed by atoms with E-state index in [0.29, 0.717) is 99.0 Å². The minimum Gasteiger partial charge on any atom is -0.444 e. The molecule has 0 saturated carbocycles. The van der Waals surface area contributed by atoms with Gasteiger partial charge in [-0.25, -0.2) is 4.79 Å². The Morgan fingerprint density at radius 3 is 1.41 bits per heavy atom. The molecule has 0 radical (unpaired) electrons. The van der Waals surface area contributed by atoms with E-state index in [1.807, 2.05) is 51.1 Å². The number of benzene rings is 1. The second-order valence-corrected chi connectivity index (χ2v) is 9.11. The van der Waals surface area contributed by atoms with Crippen LogP contribution in [0.4, 0.5) is 4.79 Å². The molecule has 0 heterocycles. The van der Waals surface area contributed by atoms with Crippen molar-refractivity contribution in [2.75, 3.05) is 99.5 Å². The quantitative estimate of drug-likeness (QED) is 0.198. The second kappa shape index (κ2) is 22.2. The lowest BCUT2D eigenvalue weighted by atomic mass is 10.2. The molecule has 0 aliphatic heterocycles. The Morgan fingerprint density at radius 1 is 0.622 bits per heavy atom. The van der Waals surface area contributed by atoms with Gasteiger partial charge in [0, 0.05) is 13.6 Å². The lowest BCUT2D eigenvalue weighted by Crippen LogP contribution is -2.36. The highest BCUT2D eigenvalue weighted by atomic mass is 16.6. The summed E-state index contributed by atoms with van der Waals surface area (Å²) in [6.07, 6.45) is -0.359. The summed E-state index contributed by atoms with van der Waals surface area (Å²) >= 11 is 0. The molecule has 0 aromatic heterocycles. The standard InChI is InChI=1S/C27H47NO9/c1-27(2,3)37-26(29)28(4)10-11-30-12-13-31-14-15-32-16-17-33-18-19-34-20-21-35-22-23-36-24-25-8-6-5-7-9-25/h5-9H,10-24H2,1-4H3. The van der Waals surface area contributed by atoms with Crippen molar-refractivity contribution in [1.29, 1.82) is 0 Å². The van der Waals surface area contributed by atoms with Gasteiger partial charge in [-0.05, 0) is 26.3 Å². The Balaban J connectivity index is 1.71. The van der Waals surface area contributed by atoms with E-state index < -0.39 is 5.60 Å². The lowest BCUT2D eigenvalue weighted by Gasteiger charge is -2.24. The fourth-order valence-corrected chi connectivity index (χ4v) is 2.72. The van der Waals surface area contributed by atoms with Gasteiger partial charge in [0.25, 0.3) is 0 Å². The van der Waals surface area contributed by atoms with Crippen molar-refractivity contribution in [2.24, 2.45) is 0 Å². The van der Waals surface area contributed by atoms with Crippen molar-refractivity contribution in [2.45, 2.75) is 33.0 Å². The summed E-state index contributed by atoms with van der Waals surface area (Å²) in [5, 5.41) is 0. The second-order valence-electron chi connectivity index (χ2n) is 9.11. The normalized spacial score (nSPS) is 11.6. The number of hydrogen-bond donors (Lipinski definition) is 0. The summed E-state index contributed by atoms with van der Waals surface area (Å²) in [4.78, 5) is 13.3. The van der Waals surface area contributed by atoms with Crippen LogP contribution in [0.3, 0.4) is 0 Å². The van der Waals surface area contributed by atoms with Crippen molar-refractivity contribution in [1.82, 2.24) is 4.90 Å². The average Bonchev–Trinajstić information content (AvgIpc) is 2.86. The highest BCUT2D eigenvalue weighted by Gasteiger charge is 2.19. The number of rotatable bonds is 23. The molecule has 0 aliphatic carbocycles. The van der Waals surface area contributed by atoms with Crippen LogP contribution < -0.4 is 0 Å². The fraction of sp³-hybridized carbons (Fsp3) is 0.741. The van der Waals surface area contributed by atoms with Gasteiger partial charge >= 0.3 is 6.09 Å². The van der Waals surface area contributed by atoms with Crippen LogP contribution in [-0.2, 0) is 44.5 Å². The molecule has 0 unspecified atom stereocenters. The van der Waals surface area contributed by atoms with Gasteiger partial charge in [-0.1, -0.05) is 30.3 Å². The molecule has 0 N–H and O–H groups in total. The maximum atomic E-state index is 11.8. The maximum absolute atomic E-state index is 11.8. The summed E-state index contributed by atoms with van der Waals surface area (Å²) in [6.45, 7) is 13.1. The fourth-order valence-electron chi connectivity index (χ4n) is 2.72. The molecule has 0 bridgehead atoms. The van der Waals surface area contributed by atoms with Gasteiger partial charge in [0.05, 0.1) is 92.5 Å². The van der Waals surface area contributed by atoms with E-state index in [1.165, 1.54) is 4.90 Å². The van der Waals surface area contributed by atoms with Crippen molar-refractivity contribution >= 4 is 6.09 Å². The van der Waals surface area contributed by atoms with Gasteiger partial charge in [0.2, 0.25) is 0 Å². The van der Waals surface area contributed by atoms with Crippen molar-refractivity contribution < 1.29 is 42.7 Å².